The van der Waals surface area contributed by atoms with Gasteiger partial charge in [-0.1, -0.05) is 6.07 Å². The van der Waals surface area contributed by atoms with Gasteiger partial charge >= 0.3 is 0 Å². The van der Waals surface area contributed by atoms with Crippen molar-refractivity contribution in [2.45, 2.75) is 26.3 Å². The van der Waals surface area contributed by atoms with E-state index in [9.17, 15) is 0 Å². The van der Waals surface area contributed by atoms with E-state index in [4.69, 9.17) is 5.73 Å². The summed E-state index contributed by atoms with van der Waals surface area (Å²) in [5.41, 5.74) is 7.57. The summed E-state index contributed by atoms with van der Waals surface area (Å²) in [5.74, 6) is 1.01. The summed E-state index contributed by atoms with van der Waals surface area (Å²) in [4.78, 5) is 8.05. The van der Waals surface area contributed by atoms with Crippen molar-refractivity contribution in [3.8, 4) is 0 Å². The molecular weight excluding hydrogens is 242 g/mol. The first-order chi connectivity index (χ1) is 8.58. The molecule has 0 bridgehead atoms. The second-order valence-corrected chi connectivity index (χ2v) is 5.68. The van der Waals surface area contributed by atoms with Gasteiger partial charge in [-0.2, -0.15) is 0 Å². The van der Waals surface area contributed by atoms with Crippen LogP contribution in [-0.2, 0) is 6.42 Å². The standard InChI is InChI=1S/C14H19N3S/c1-10-7-12(15)9-16-14(10)17(3)11(2)8-13-5-4-6-18-13/h4-7,9,11H,8,15H2,1-3H3. The highest BCUT2D eigenvalue weighted by atomic mass is 32.1. The SMILES string of the molecule is Cc1cc(N)cnc1N(C)C(C)Cc1cccs1. The molecule has 2 aromatic heterocycles. The van der Waals surface area contributed by atoms with E-state index in [0.29, 0.717) is 6.04 Å². The molecule has 2 aromatic rings. The quantitative estimate of drug-likeness (QED) is 0.919. The van der Waals surface area contributed by atoms with Crippen molar-refractivity contribution >= 4 is 22.8 Å². The molecule has 0 aliphatic rings. The highest BCUT2D eigenvalue weighted by Gasteiger charge is 2.14. The third kappa shape index (κ3) is 2.82. The fourth-order valence-corrected chi connectivity index (χ4v) is 2.85. The summed E-state index contributed by atoms with van der Waals surface area (Å²) in [6, 6.07) is 6.66. The van der Waals surface area contributed by atoms with Crippen LogP contribution in [0.4, 0.5) is 11.5 Å². The first kappa shape index (κ1) is 12.9. The van der Waals surface area contributed by atoms with Gasteiger partial charge in [0, 0.05) is 24.4 Å². The Balaban J connectivity index is 2.12. The minimum absolute atomic E-state index is 0.415. The molecule has 4 heteroatoms. The predicted molar refractivity (Wildman–Crippen MR) is 79.3 cm³/mol. The van der Waals surface area contributed by atoms with Crippen LogP contribution in [0.3, 0.4) is 0 Å². The maximum atomic E-state index is 5.73. The summed E-state index contributed by atoms with van der Waals surface area (Å²) < 4.78 is 0. The monoisotopic (exact) mass is 261 g/mol. The summed E-state index contributed by atoms with van der Waals surface area (Å²) in [6.07, 6.45) is 2.76. The van der Waals surface area contributed by atoms with Crippen LogP contribution in [0, 0.1) is 6.92 Å². The molecule has 0 fully saturated rings. The molecule has 0 spiro atoms. The fraction of sp³-hybridized carbons (Fsp3) is 0.357. The van der Waals surface area contributed by atoms with Gasteiger partial charge < -0.3 is 10.6 Å². The van der Waals surface area contributed by atoms with Crippen molar-refractivity contribution in [1.82, 2.24) is 4.98 Å². The lowest BCUT2D eigenvalue weighted by Gasteiger charge is -2.27. The number of hydrogen-bond acceptors (Lipinski definition) is 4. The maximum absolute atomic E-state index is 5.73. The average molecular weight is 261 g/mol. The number of nitrogen functional groups attached to an aromatic ring is 1. The summed E-state index contributed by atoms with van der Waals surface area (Å²) in [5, 5.41) is 2.12. The van der Waals surface area contributed by atoms with E-state index in [1.54, 1.807) is 17.5 Å². The highest BCUT2D eigenvalue weighted by Crippen LogP contribution is 2.22. The Kier molecular flexibility index (Phi) is 3.87. The molecule has 0 aromatic carbocycles. The Morgan fingerprint density at radius 3 is 2.89 bits per heavy atom. The number of nitrogens with zero attached hydrogens (tertiary/aromatic N) is 2. The molecule has 18 heavy (non-hydrogen) atoms. The van der Waals surface area contributed by atoms with Crippen molar-refractivity contribution < 1.29 is 0 Å². The van der Waals surface area contributed by atoms with E-state index >= 15 is 0 Å². The minimum Gasteiger partial charge on any atom is -0.397 e. The van der Waals surface area contributed by atoms with Crippen LogP contribution in [0.1, 0.15) is 17.4 Å². The molecule has 0 aliphatic heterocycles. The normalized spacial score (nSPS) is 12.4. The third-order valence-corrected chi connectivity index (χ3v) is 4.04. The summed E-state index contributed by atoms with van der Waals surface area (Å²) >= 11 is 1.80. The van der Waals surface area contributed by atoms with Gasteiger partial charge in [-0.15, -0.1) is 11.3 Å². The number of rotatable bonds is 4. The molecular formula is C14H19N3S. The molecule has 0 aliphatic carbocycles. The van der Waals surface area contributed by atoms with Crippen molar-refractivity contribution in [3.05, 3.63) is 40.2 Å². The van der Waals surface area contributed by atoms with Gasteiger partial charge in [-0.3, -0.25) is 0 Å². The molecule has 2 heterocycles. The van der Waals surface area contributed by atoms with Gasteiger partial charge in [0.25, 0.3) is 0 Å². The Morgan fingerprint density at radius 1 is 1.50 bits per heavy atom. The summed E-state index contributed by atoms with van der Waals surface area (Å²) in [7, 11) is 2.09. The zero-order valence-electron chi connectivity index (χ0n) is 11.1. The molecule has 1 unspecified atom stereocenters. The van der Waals surface area contributed by atoms with Crippen molar-refractivity contribution in [1.29, 1.82) is 0 Å². The Bertz CT molecular complexity index is 508. The topological polar surface area (TPSA) is 42.1 Å². The van der Waals surface area contributed by atoms with E-state index in [1.807, 2.05) is 13.0 Å². The second-order valence-electron chi connectivity index (χ2n) is 4.65. The zero-order valence-corrected chi connectivity index (χ0v) is 11.9. The molecule has 0 amide bonds. The van der Waals surface area contributed by atoms with Crippen LogP contribution < -0.4 is 10.6 Å². The lowest BCUT2D eigenvalue weighted by molar-refractivity contribution is 0.678. The zero-order chi connectivity index (χ0) is 13.1. The molecule has 0 saturated carbocycles. The summed E-state index contributed by atoms with van der Waals surface area (Å²) in [6.45, 7) is 4.27. The van der Waals surface area contributed by atoms with E-state index < -0.39 is 0 Å². The predicted octanol–water partition coefficient (Wildman–Crippen LogP) is 3.10. The molecule has 96 valence electrons. The van der Waals surface area contributed by atoms with Crippen LogP contribution in [-0.4, -0.2) is 18.1 Å². The van der Waals surface area contributed by atoms with Gasteiger partial charge in [0.2, 0.25) is 0 Å². The number of likely N-dealkylation sites (N-methyl/N-ethyl adjacent to an activating group) is 1. The van der Waals surface area contributed by atoms with E-state index in [0.717, 1.165) is 23.5 Å². The maximum Gasteiger partial charge on any atom is 0.131 e. The molecule has 0 saturated heterocycles. The molecule has 0 radical (unpaired) electrons. The smallest absolute Gasteiger partial charge is 0.131 e. The second kappa shape index (κ2) is 5.40. The number of aryl methyl sites for hydroxylation is 1. The molecule has 1 atom stereocenters. The van der Waals surface area contributed by atoms with Crippen LogP contribution >= 0.6 is 11.3 Å². The molecule has 3 nitrogen and oxygen atoms in total. The number of anilines is 2. The van der Waals surface area contributed by atoms with E-state index in [-0.39, 0.29) is 0 Å². The number of thiophene rings is 1. The van der Waals surface area contributed by atoms with Crippen molar-refractivity contribution in [2.24, 2.45) is 0 Å². The first-order valence-corrected chi connectivity index (χ1v) is 6.93. The van der Waals surface area contributed by atoms with Gasteiger partial charge in [0.05, 0.1) is 11.9 Å². The number of pyridine rings is 1. The third-order valence-electron chi connectivity index (χ3n) is 3.14. The van der Waals surface area contributed by atoms with Crippen molar-refractivity contribution in [3.63, 3.8) is 0 Å². The number of nitrogens with two attached hydrogens (primary N) is 1. The molecule has 2 rings (SSSR count). The van der Waals surface area contributed by atoms with E-state index in [1.165, 1.54) is 4.88 Å². The Morgan fingerprint density at radius 2 is 2.28 bits per heavy atom. The van der Waals surface area contributed by atoms with Gasteiger partial charge in [0.1, 0.15) is 5.82 Å². The van der Waals surface area contributed by atoms with Crippen LogP contribution in [0.2, 0.25) is 0 Å². The van der Waals surface area contributed by atoms with Gasteiger partial charge in [-0.05, 0) is 36.9 Å². The largest absolute Gasteiger partial charge is 0.397 e. The van der Waals surface area contributed by atoms with Crippen LogP contribution in [0.25, 0.3) is 0 Å². The number of hydrogen-bond donors (Lipinski definition) is 1. The molecule has 2 N–H and O–H groups in total. The minimum atomic E-state index is 0.415. The average Bonchev–Trinajstić information content (AvgIpc) is 2.81. The number of aromatic nitrogens is 1. The van der Waals surface area contributed by atoms with Gasteiger partial charge in [-0.25, -0.2) is 4.98 Å². The first-order valence-electron chi connectivity index (χ1n) is 6.05. The van der Waals surface area contributed by atoms with Gasteiger partial charge in [0.15, 0.2) is 0 Å². The van der Waals surface area contributed by atoms with Crippen LogP contribution in [0.15, 0.2) is 29.8 Å². The lowest BCUT2D eigenvalue weighted by atomic mass is 10.1. The lowest BCUT2D eigenvalue weighted by Crippen LogP contribution is -2.31. The van der Waals surface area contributed by atoms with Crippen LogP contribution in [0.5, 0.6) is 0 Å². The Hall–Kier alpha value is -1.55. The van der Waals surface area contributed by atoms with Crippen molar-refractivity contribution in [2.75, 3.05) is 17.7 Å². The highest BCUT2D eigenvalue weighted by molar-refractivity contribution is 7.09. The Labute approximate surface area is 112 Å². The van der Waals surface area contributed by atoms with E-state index in [2.05, 4.69) is 41.4 Å². The fourth-order valence-electron chi connectivity index (χ4n) is 2.02.